The first-order valence-corrected chi connectivity index (χ1v) is 6.62. The lowest BCUT2D eigenvalue weighted by Gasteiger charge is -2.11. The molecule has 0 N–H and O–H groups in total. The van der Waals surface area contributed by atoms with Gasteiger partial charge in [-0.3, -0.25) is 4.79 Å². The van der Waals surface area contributed by atoms with E-state index in [9.17, 15) is 4.79 Å². The predicted octanol–water partition coefficient (Wildman–Crippen LogP) is 2.95. The summed E-state index contributed by atoms with van der Waals surface area (Å²) in [6, 6.07) is 10.1. The molecule has 0 aromatic heterocycles. The third-order valence-electron chi connectivity index (χ3n) is 3.26. The molecule has 116 valence electrons. The van der Waals surface area contributed by atoms with Gasteiger partial charge in [-0.15, -0.1) is 0 Å². The number of hydrogen-bond donors (Lipinski definition) is 0. The minimum absolute atomic E-state index is 0.201. The van der Waals surface area contributed by atoms with E-state index in [0.717, 1.165) is 0 Å². The van der Waals surface area contributed by atoms with Gasteiger partial charge in [-0.05, 0) is 30.3 Å². The molecule has 0 heterocycles. The summed E-state index contributed by atoms with van der Waals surface area (Å²) in [4.78, 5) is 12.8. The lowest BCUT2D eigenvalue weighted by Crippen LogP contribution is -2.05. The molecule has 0 atom stereocenters. The lowest BCUT2D eigenvalue weighted by atomic mass is 10.0. The van der Waals surface area contributed by atoms with E-state index in [2.05, 4.69) is 0 Å². The monoisotopic (exact) mass is 302 g/mol. The molecule has 22 heavy (non-hydrogen) atoms. The Hall–Kier alpha value is -2.69. The second-order valence-corrected chi connectivity index (χ2v) is 4.50. The topological polar surface area (TPSA) is 54.0 Å². The largest absolute Gasteiger partial charge is 0.497 e. The molecule has 0 aliphatic heterocycles. The summed E-state index contributed by atoms with van der Waals surface area (Å²) in [7, 11) is 6.14. The fraction of sp³-hybridized carbons (Fsp3) is 0.235. The maximum atomic E-state index is 12.8. The van der Waals surface area contributed by atoms with E-state index in [4.69, 9.17) is 18.9 Å². The summed E-state index contributed by atoms with van der Waals surface area (Å²) in [6.07, 6.45) is 0. The van der Waals surface area contributed by atoms with Gasteiger partial charge >= 0.3 is 0 Å². The zero-order valence-electron chi connectivity index (χ0n) is 13.0. The Bertz CT molecular complexity index is 656. The van der Waals surface area contributed by atoms with Crippen molar-refractivity contribution in [2.24, 2.45) is 0 Å². The second kappa shape index (κ2) is 6.85. The van der Waals surface area contributed by atoms with Crippen LogP contribution in [-0.2, 0) is 0 Å². The quantitative estimate of drug-likeness (QED) is 0.768. The zero-order chi connectivity index (χ0) is 16.1. The Balaban J connectivity index is 2.51. The molecule has 5 nitrogen and oxygen atoms in total. The maximum absolute atomic E-state index is 12.8. The van der Waals surface area contributed by atoms with Gasteiger partial charge in [0.15, 0.2) is 5.78 Å². The van der Waals surface area contributed by atoms with Crippen LogP contribution in [0.5, 0.6) is 23.0 Å². The van der Waals surface area contributed by atoms with Crippen LogP contribution in [0, 0.1) is 0 Å². The van der Waals surface area contributed by atoms with Crippen molar-refractivity contribution < 1.29 is 23.7 Å². The minimum atomic E-state index is -0.201. The van der Waals surface area contributed by atoms with Gasteiger partial charge in [-0.25, -0.2) is 0 Å². The number of benzene rings is 2. The predicted molar refractivity (Wildman–Crippen MR) is 82.5 cm³/mol. The van der Waals surface area contributed by atoms with Crippen LogP contribution in [0.25, 0.3) is 0 Å². The van der Waals surface area contributed by atoms with Gasteiger partial charge in [-0.2, -0.15) is 0 Å². The molecule has 0 aliphatic rings. The van der Waals surface area contributed by atoms with Crippen molar-refractivity contribution in [2.45, 2.75) is 0 Å². The van der Waals surface area contributed by atoms with Crippen LogP contribution in [-0.4, -0.2) is 34.2 Å². The summed E-state index contributed by atoms with van der Waals surface area (Å²) in [5, 5.41) is 0. The van der Waals surface area contributed by atoms with Crippen molar-refractivity contribution in [2.75, 3.05) is 28.4 Å². The van der Waals surface area contributed by atoms with Crippen LogP contribution in [0.15, 0.2) is 36.4 Å². The van der Waals surface area contributed by atoms with Gasteiger partial charge < -0.3 is 18.9 Å². The molecule has 2 rings (SSSR count). The highest BCUT2D eigenvalue weighted by molar-refractivity contribution is 6.11. The van der Waals surface area contributed by atoms with E-state index in [-0.39, 0.29) is 5.78 Å². The Morgan fingerprint density at radius 3 is 1.82 bits per heavy atom. The molecular formula is C17H18O5. The van der Waals surface area contributed by atoms with E-state index in [0.29, 0.717) is 34.1 Å². The molecule has 0 radical (unpaired) electrons. The van der Waals surface area contributed by atoms with Gasteiger partial charge in [0.25, 0.3) is 0 Å². The molecule has 0 unspecified atom stereocenters. The van der Waals surface area contributed by atoms with E-state index in [1.165, 1.54) is 21.3 Å². The molecule has 0 saturated heterocycles. The van der Waals surface area contributed by atoms with E-state index in [1.54, 1.807) is 43.5 Å². The fourth-order valence-electron chi connectivity index (χ4n) is 2.09. The smallest absolute Gasteiger partial charge is 0.197 e. The van der Waals surface area contributed by atoms with Crippen LogP contribution < -0.4 is 18.9 Å². The lowest BCUT2D eigenvalue weighted by molar-refractivity contribution is 0.103. The molecule has 0 saturated carbocycles. The SMILES string of the molecule is COc1cc(OC)cc(C(=O)c2cc(OC)ccc2OC)c1. The summed E-state index contributed by atoms with van der Waals surface area (Å²) >= 11 is 0. The van der Waals surface area contributed by atoms with Crippen LogP contribution in [0.3, 0.4) is 0 Å². The van der Waals surface area contributed by atoms with Gasteiger partial charge in [0.05, 0.1) is 34.0 Å². The standard InChI is InChI=1S/C17H18O5/c1-19-12-5-6-16(22-4)15(10-12)17(18)11-7-13(20-2)9-14(8-11)21-3/h5-10H,1-4H3. The van der Waals surface area contributed by atoms with Crippen molar-refractivity contribution in [1.82, 2.24) is 0 Å². The Labute approximate surface area is 129 Å². The first-order valence-electron chi connectivity index (χ1n) is 6.62. The Morgan fingerprint density at radius 2 is 1.32 bits per heavy atom. The van der Waals surface area contributed by atoms with E-state index < -0.39 is 0 Å². The van der Waals surface area contributed by atoms with Crippen molar-refractivity contribution in [3.63, 3.8) is 0 Å². The first kappa shape index (κ1) is 15.7. The molecule has 0 spiro atoms. The Morgan fingerprint density at radius 1 is 0.727 bits per heavy atom. The third kappa shape index (κ3) is 3.14. The number of ether oxygens (including phenoxy) is 4. The average molecular weight is 302 g/mol. The second-order valence-electron chi connectivity index (χ2n) is 4.50. The van der Waals surface area contributed by atoms with Crippen molar-refractivity contribution in [3.8, 4) is 23.0 Å². The van der Waals surface area contributed by atoms with Crippen LogP contribution in [0.2, 0.25) is 0 Å². The van der Waals surface area contributed by atoms with Gasteiger partial charge in [0.1, 0.15) is 23.0 Å². The third-order valence-corrected chi connectivity index (χ3v) is 3.26. The summed E-state index contributed by atoms with van der Waals surface area (Å²) < 4.78 is 20.8. The van der Waals surface area contributed by atoms with Crippen molar-refractivity contribution in [3.05, 3.63) is 47.5 Å². The highest BCUT2D eigenvalue weighted by atomic mass is 16.5. The normalized spacial score (nSPS) is 10.0. The van der Waals surface area contributed by atoms with E-state index in [1.807, 2.05) is 0 Å². The highest BCUT2D eigenvalue weighted by Gasteiger charge is 2.17. The van der Waals surface area contributed by atoms with Crippen molar-refractivity contribution >= 4 is 5.78 Å². The first-order chi connectivity index (χ1) is 10.6. The van der Waals surface area contributed by atoms with E-state index >= 15 is 0 Å². The zero-order valence-corrected chi connectivity index (χ0v) is 13.0. The number of ketones is 1. The minimum Gasteiger partial charge on any atom is -0.497 e. The molecule has 2 aromatic carbocycles. The number of methoxy groups -OCH3 is 4. The molecule has 0 fully saturated rings. The summed E-state index contributed by atoms with van der Waals surface area (Å²) in [5.41, 5.74) is 0.861. The van der Waals surface area contributed by atoms with Gasteiger partial charge in [0, 0.05) is 11.6 Å². The molecule has 0 aliphatic carbocycles. The Kier molecular flexibility index (Phi) is 4.88. The number of hydrogen-bond acceptors (Lipinski definition) is 5. The molecule has 5 heteroatoms. The van der Waals surface area contributed by atoms with Crippen LogP contribution in [0.4, 0.5) is 0 Å². The number of carbonyl (C=O) groups excluding carboxylic acids is 1. The highest BCUT2D eigenvalue weighted by Crippen LogP contribution is 2.29. The number of rotatable bonds is 6. The molecule has 0 bridgehead atoms. The summed E-state index contributed by atoms with van der Waals surface area (Å²) in [5.74, 6) is 1.95. The van der Waals surface area contributed by atoms with Gasteiger partial charge in [-0.1, -0.05) is 0 Å². The van der Waals surface area contributed by atoms with Crippen LogP contribution in [0.1, 0.15) is 15.9 Å². The fourth-order valence-corrected chi connectivity index (χ4v) is 2.09. The molecular weight excluding hydrogens is 284 g/mol. The van der Waals surface area contributed by atoms with Crippen LogP contribution >= 0.6 is 0 Å². The number of carbonyl (C=O) groups is 1. The molecule has 2 aromatic rings. The maximum Gasteiger partial charge on any atom is 0.197 e. The van der Waals surface area contributed by atoms with Gasteiger partial charge in [0.2, 0.25) is 0 Å². The van der Waals surface area contributed by atoms with Crippen molar-refractivity contribution in [1.29, 1.82) is 0 Å². The molecule has 0 amide bonds. The average Bonchev–Trinajstić information content (AvgIpc) is 2.59. The summed E-state index contributed by atoms with van der Waals surface area (Å²) in [6.45, 7) is 0.